The topological polar surface area (TPSA) is 32.8 Å². The van der Waals surface area contributed by atoms with E-state index in [0.717, 1.165) is 26.1 Å². The largest absolute Gasteiger partial charge is 0.439 e. The number of hydrogen-bond acceptors (Lipinski definition) is 3. The van der Waals surface area contributed by atoms with Crippen molar-refractivity contribution in [3.05, 3.63) is 72.3 Å². The Labute approximate surface area is 165 Å². The number of benzene rings is 3. The summed E-state index contributed by atoms with van der Waals surface area (Å²) in [6.07, 6.45) is 0.716. The van der Waals surface area contributed by atoms with E-state index in [1.807, 2.05) is 7.05 Å². The van der Waals surface area contributed by atoms with Gasteiger partial charge in [0.25, 0.3) is 0 Å². The highest BCUT2D eigenvalue weighted by molar-refractivity contribution is 5.87. The summed E-state index contributed by atoms with van der Waals surface area (Å²) >= 11 is 0. The lowest BCUT2D eigenvalue weighted by Crippen LogP contribution is -2.37. The second kappa shape index (κ2) is 6.64. The van der Waals surface area contributed by atoms with E-state index in [0.29, 0.717) is 6.54 Å². The highest BCUT2D eigenvalue weighted by atomic mass is 16.6. The molecular weight excluding hydrogens is 348 g/mol. The minimum absolute atomic E-state index is 0.194. The minimum atomic E-state index is -0.318. The van der Waals surface area contributed by atoms with Crippen LogP contribution in [-0.2, 0) is 11.3 Å². The first-order valence-electron chi connectivity index (χ1n) is 9.85. The Balaban J connectivity index is 1.34. The number of likely N-dealkylation sites (tertiary alicyclic amines) is 1. The zero-order valence-electron chi connectivity index (χ0n) is 16.1. The van der Waals surface area contributed by atoms with Crippen molar-refractivity contribution in [3.8, 4) is 11.1 Å². The smallest absolute Gasteiger partial charge is 0.410 e. The minimum Gasteiger partial charge on any atom is -0.439 e. The molecule has 0 aliphatic carbocycles. The summed E-state index contributed by atoms with van der Waals surface area (Å²) in [5.74, 6) is 0. The molecule has 2 heterocycles. The molecule has 0 saturated carbocycles. The summed E-state index contributed by atoms with van der Waals surface area (Å²) in [6.45, 7) is 3.34. The molecule has 0 aromatic heterocycles. The molecule has 0 bridgehead atoms. The second-order valence-electron chi connectivity index (χ2n) is 8.13. The molecule has 0 radical (unpaired) electrons. The predicted molar refractivity (Wildman–Crippen MR) is 111 cm³/mol. The molecule has 3 aromatic carbocycles. The van der Waals surface area contributed by atoms with Gasteiger partial charge in [0.2, 0.25) is 0 Å². The zero-order valence-corrected chi connectivity index (χ0v) is 16.1. The van der Waals surface area contributed by atoms with Crippen LogP contribution in [0.5, 0.6) is 0 Å². The van der Waals surface area contributed by atoms with E-state index in [4.69, 9.17) is 4.74 Å². The van der Waals surface area contributed by atoms with E-state index >= 15 is 0 Å². The van der Waals surface area contributed by atoms with Gasteiger partial charge in [-0.25, -0.2) is 4.79 Å². The van der Waals surface area contributed by atoms with Gasteiger partial charge in [-0.1, -0.05) is 54.6 Å². The van der Waals surface area contributed by atoms with E-state index in [1.54, 1.807) is 4.90 Å². The van der Waals surface area contributed by atoms with Crippen molar-refractivity contribution in [3.63, 3.8) is 0 Å². The number of nitrogens with zero attached hydrogens (tertiary/aromatic N) is 2. The van der Waals surface area contributed by atoms with Gasteiger partial charge in [-0.15, -0.1) is 0 Å². The maximum Gasteiger partial charge on any atom is 0.410 e. The molecule has 5 rings (SSSR count). The maximum atomic E-state index is 11.8. The van der Waals surface area contributed by atoms with E-state index in [1.165, 1.54) is 27.5 Å². The van der Waals surface area contributed by atoms with Crippen molar-refractivity contribution in [2.75, 3.05) is 26.7 Å². The zero-order chi connectivity index (χ0) is 19.1. The molecule has 0 unspecified atom stereocenters. The van der Waals surface area contributed by atoms with Gasteiger partial charge in [0.15, 0.2) is 0 Å². The number of ether oxygens (including phenoxy) is 1. The van der Waals surface area contributed by atoms with E-state index < -0.39 is 0 Å². The number of likely N-dealkylation sites (N-methyl/N-ethyl adjacent to an activating group) is 1. The molecule has 28 heavy (non-hydrogen) atoms. The predicted octanol–water partition coefficient (Wildman–Crippen LogP) is 4.53. The van der Waals surface area contributed by atoms with Crippen molar-refractivity contribution >= 4 is 16.9 Å². The Kier molecular flexibility index (Phi) is 4.09. The summed E-state index contributed by atoms with van der Waals surface area (Å²) in [7, 11) is 1.81. The van der Waals surface area contributed by atoms with Crippen molar-refractivity contribution in [1.82, 2.24) is 9.80 Å². The van der Waals surface area contributed by atoms with Gasteiger partial charge in [0.05, 0.1) is 6.54 Å². The molecule has 2 saturated heterocycles. The highest BCUT2D eigenvalue weighted by Crippen LogP contribution is 2.33. The fourth-order valence-corrected chi connectivity index (χ4v) is 4.54. The Morgan fingerprint density at radius 1 is 0.929 bits per heavy atom. The summed E-state index contributed by atoms with van der Waals surface area (Å²) in [5, 5.41) is 2.53. The van der Waals surface area contributed by atoms with E-state index in [2.05, 4.69) is 71.6 Å². The van der Waals surface area contributed by atoms with Gasteiger partial charge in [-0.3, -0.25) is 4.90 Å². The molecule has 0 N–H and O–H groups in total. The molecule has 2 aliphatic rings. The van der Waals surface area contributed by atoms with E-state index in [9.17, 15) is 4.79 Å². The molecule has 1 amide bonds. The first-order chi connectivity index (χ1) is 13.6. The normalized spacial score (nSPS) is 22.3. The fourth-order valence-electron chi connectivity index (χ4n) is 4.54. The average molecular weight is 372 g/mol. The summed E-state index contributed by atoms with van der Waals surface area (Å²) in [4.78, 5) is 15.9. The van der Waals surface area contributed by atoms with Crippen LogP contribution in [0.15, 0.2) is 66.7 Å². The molecule has 3 aromatic rings. The van der Waals surface area contributed by atoms with Gasteiger partial charge in [-0.2, -0.15) is 0 Å². The van der Waals surface area contributed by atoms with Crippen LogP contribution < -0.4 is 0 Å². The monoisotopic (exact) mass is 372 g/mol. The fraction of sp³-hybridized carbons (Fsp3) is 0.292. The van der Waals surface area contributed by atoms with Gasteiger partial charge >= 0.3 is 6.09 Å². The van der Waals surface area contributed by atoms with Gasteiger partial charge in [-0.05, 0) is 39.6 Å². The molecule has 142 valence electrons. The number of hydrogen-bond donors (Lipinski definition) is 0. The van der Waals surface area contributed by atoms with Crippen LogP contribution >= 0.6 is 0 Å². The van der Waals surface area contributed by atoms with Crippen LogP contribution in [0.1, 0.15) is 12.0 Å². The molecule has 4 nitrogen and oxygen atoms in total. The number of rotatable bonds is 3. The molecule has 1 atom stereocenters. The highest BCUT2D eigenvalue weighted by Gasteiger charge is 2.48. The SMILES string of the molecule is CN1C[C@@]2(CCN(Cc3cccc(-c4ccc5ccccc5c4)c3)C2)OC1=O. The second-order valence-corrected chi connectivity index (χ2v) is 8.13. The molecule has 2 fully saturated rings. The lowest BCUT2D eigenvalue weighted by atomic mass is 9.99. The number of carbonyl (C=O) groups excluding carboxylic acids is 1. The standard InChI is InChI=1S/C24H24N2O2/c1-25-16-24(28-23(25)27)11-12-26(17-24)15-18-5-4-8-20(13-18)22-10-9-19-6-2-3-7-21(19)14-22/h2-10,13-14H,11-12,15-17H2,1H3/t24-/m1/s1. The van der Waals surface area contributed by atoms with Gasteiger partial charge < -0.3 is 9.64 Å². The number of fused-ring (bicyclic) bond motifs is 1. The number of amides is 1. The van der Waals surface area contributed by atoms with Crippen LogP contribution in [0.3, 0.4) is 0 Å². The third kappa shape index (κ3) is 3.14. The Morgan fingerprint density at radius 2 is 1.75 bits per heavy atom. The Hall–Kier alpha value is -2.85. The molecule has 2 aliphatic heterocycles. The van der Waals surface area contributed by atoms with Crippen LogP contribution in [0, 0.1) is 0 Å². The first kappa shape index (κ1) is 17.3. The third-order valence-corrected chi connectivity index (χ3v) is 5.95. The first-order valence-corrected chi connectivity index (χ1v) is 9.85. The average Bonchev–Trinajstić information content (AvgIpc) is 3.22. The van der Waals surface area contributed by atoms with Crippen LogP contribution in [-0.4, -0.2) is 48.2 Å². The third-order valence-electron chi connectivity index (χ3n) is 5.95. The lowest BCUT2D eigenvalue weighted by Gasteiger charge is -2.22. The van der Waals surface area contributed by atoms with Crippen molar-refractivity contribution in [2.24, 2.45) is 0 Å². The van der Waals surface area contributed by atoms with Crippen LogP contribution in [0.2, 0.25) is 0 Å². The Morgan fingerprint density at radius 3 is 2.57 bits per heavy atom. The maximum absolute atomic E-state index is 11.8. The van der Waals surface area contributed by atoms with Gasteiger partial charge in [0, 0.05) is 33.1 Å². The lowest BCUT2D eigenvalue weighted by molar-refractivity contribution is 0.0627. The van der Waals surface area contributed by atoms with Crippen LogP contribution in [0.25, 0.3) is 21.9 Å². The van der Waals surface area contributed by atoms with Crippen LogP contribution in [0.4, 0.5) is 4.79 Å². The molecule has 4 heteroatoms. The summed E-state index contributed by atoms with van der Waals surface area (Å²) in [5.41, 5.74) is 3.45. The van der Waals surface area contributed by atoms with Crippen molar-refractivity contribution < 1.29 is 9.53 Å². The number of carbonyl (C=O) groups is 1. The van der Waals surface area contributed by atoms with E-state index in [-0.39, 0.29) is 11.7 Å². The van der Waals surface area contributed by atoms with Crippen molar-refractivity contribution in [2.45, 2.75) is 18.6 Å². The molecular formula is C24H24N2O2. The van der Waals surface area contributed by atoms with Gasteiger partial charge in [0.1, 0.15) is 5.60 Å². The summed E-state index contributed by atoms with van der Waals surface area (Å²) in [6, 6.07) is 23.9. The Bertz CT molecular complexity index is 1050. The molecule has 1 spiro atoms. The summed E-state index contributed by atoms with van der Waals surface area (Å²) < 4.78 is 5.67. The quantitative estimate of drug-likeness (QED) is 0.677. The van der Waals surface area contributed by atoms with Crippen molar-refractivity contribution in [1.29, 1.82) is 0 Å².